The molecule has 9 atom stereocenters. The molecule has 6 fully saturated rings. The van der Waals surface area contributed by atoms with Gasteiger partial charge in [0.05, 0.1) is 18.9 Å². The number of carbonyl (C=O) groups is 3. The lowest BCUT2D eigenvalue weighted by Crippen LogP contribution is -2.70. The van der Waals surface area contributed by atoms with E-state index in [1.165, 1.54) is 0 Å². The Balaban J connectivity index is 1.19. The number of hydrogen-bond acceptors (Lipinski definition) is 9. The Morgan fingerprint density at radius 3 is 2.62 bits per heavy atom. The number of ether oxygens (including phenoxy) is 4. The molecular formula is C27H41NO9. The Hall–Kier alpha value is -1.75. The van der Waals surface area contributed by atoms with Crippen molar-refractivity contribution >= 4 is 17.8 Å². The van der Waals surface area contributed by atoms with Crippen LogP contribution in [0.3, 0.4) is 0 Å². The van der Waals surface area contributed by atoms with Crippen LogP contribution >= 0.6 is 0 Å². The molecule has 37 heavy (non-hydrogen) atoms. The number of hydrogen-bond donors (Lipinski definition) is 0. The second-order valence-electron chi connectivity index (χ2n) is 11.7. The summed E-state index contributed by atoms with van der Waals surface area (Å²) in [4.78, 5) is 51.3. The normalized spacial score (nSPS) is 42.9. The molecule has 208 valence electrons. The van der Waals surface area contributed by atoms with Crippen LogP contribution in [0.4, 0.5) is 0 Å². The molecule has 6 aliphatic rings. The molecule has 0 aromatic carbocycles. The standard InChI is InChI=1S/C27H41NO9/c1-5-32-23(31)18-7-6-14-28(15-18)21(29)10-11-22(30)33-24-17(3)20-9-8-16(2)19-12-13-26(4)35-25(34-24)27(19,20)37-36-26/h16-20,24-25H,5-15H2,1-4H3/t16-,17-,18?,19?,20?,24-,25-,26+,27-/m1/s1. The highest BCUT2D eigenvalue weighted by atomic mass is 17.3. The van der Waals surface area contributed by atoms with Gasteiger partial charge in [0.1, 0.15) is 0 Å². The van der Waals surface area contributed by atoms with Crippen molar-refractivity contribution in [2.24, 2.45) is 29.6 Å². The van der Waals surface area contributed by atoms with E-state index in [1.54, 1.807) is 11.8 Å². The molecule has 5 aliphatic heterocycles. The van der Waals surface area contributed by atoms with E-state index in [9.17, 15) is 14.4 Å². The van der Waals surface area contributed by atoms with E-state index in [1.807, 2.05) is 13.8 Å². The van der Waals surface area contributed by atoms with Gasteiger partial charge in [0, 0.05) is 37.8 Å². The van der Waals surface area contributed by atoms with Crippen LogP contribution in [-0.2, 0) is 43.1 Å². The third kappa shape index (κ3) is 4.90. The Bertz CT molecular complexity index is 897. The van der Waals surface area contributed by atoms with Gasteiger partial charge in [-0.1, -0.05) is 13.8 Å². The maximum atomic E-state index is 12.8. The first-order chi connectivity index (χ1) is 17.7. The van der Waals surface area contributed by atoms with E-state index < -0.39 is 29.9 Å². The molecular weight excluding hydrogens is 482 g/mol. The van der Waals surface area contributed by atoms with Crippen LogP contribution in [0.5, 0.6) is 0 Å². The van der Waals surface area contributed by atoms with Crippen molar-refractivity contribution in [2.75, 3.05) is 19.7 Å². The number of esters is 2. The second kappa shape index (κ2) is 10.4. The number of fused-ring (bicyclic) bond motifs is 2. The van der Waals surface area contributed by atoms with Crippen LogP contribution in [0.1, 0.15) is 79.1 Å². The SMILES string of the molecule is CCOC(=O)C1CCCN(C(=O)CCC(=O)O[C@@H]2O[C@@H]3O[C@]4(C)CCC5[C@H](C)CCC([C@H]2C)[C@]53OO4)C1. The van der Waals surface area contributed by atoms with E-state index in [0.29, 0.717) is 38.5 Å². The molecule has 0 aromatic heterocycles. The van der Waals surface area contributed by atoms with Crippen molar-refractivity contribution in [1.29, 1.82) is 0 Å². The topological polar surface area (TPSA) is 110 Å². The van der Waals surface area contributed by atoms with Crippen LogP contribution < -0.4 is 0 Å². The minimum Gasteiger partial charge on any atom is -0.466 e. The second-order valence-corrected chi connectivity index (χ2v) is 11.7. The minimum absolute atomic E-state index is 0.0252. The van der Waals surface area contributed by atoms with Gasteiger partial charge in [-0.05, 0) is 57.8 Å². The zero-order chi connectivity index (χ0) is 26.4. The first-order valence-corrected chi connectivity index (χ1v) is 14.0. The fraction of sp³-hybridized carbons (Fsp3) is 0.889. The number of carbonyl (C=O) groups excluding carboxylic acids is 3. The summed E-state index contributed by atoms with van der Waals surface area (Å²) in [5, 5.41) is 0. The number of rotatable bonds is 6. The molecule has 1 saturated carbocycles. The average Bonchev–Trinajstić information content (AvgIpc) is 3.11. The molecule has 5 heterocycles. The average molecular weight is 524 g/mol. The molecule has 10 nitrogen and oxygen atoms in total. The predicted octanol–water partition coefficient (Wildman–Crippen LogP) is 3.32. The van der Waals surface area contributed by atoms with Gasteiger partial charge >= 0.3 is 11.9 Å². The van der Waals surface area contributed by atoms with Crippen LogP contribution in [0, 0.1) is 29.6 Å². The fourth-order valence-electron chi connectivity index (χ4n) is 7.22. The Labute approximate surface area is 218 Å². The third-order valence-electron chi connectivity index (χ3n) is 9.28. The Morgan fingerprint density at radius 1 is 1.03 bits per heavy atom. The summed E-state index contributed by atoms with van der Waals surface area (Å²) >= 11 is 0. The summed E-state index contributed by atoms with van der Waals surface area (Å²) in [6, 6.07) is 0. The summed E-state index contributed by atoms with van der Waals surface area (Å²) < 4.78 is 23.5. The van der Waals surface area contributed by atoms with E-state index in [-0.39, 0.29) is 48.4 Å². The fourth-order valence-corrected chi connectivity index (χ4v) is 7.22. The van der Waals surface area contributed by atoms with Gasteiger partial charge < -0.3 is 23.8 Å². The molecule has 1 amide bonds. The van der Waals surface area contributed by atoms with E-state index in [2.05, 4.69) is 6.92 Å². The van der Waals surface area contributed by atoms with Gasteiger partial charge in [0.25, 0.3) is 0 Å². The van der Waals surface area contributed by atoms with Gasteiger partial charge in [-0.3, -0.25) is 14.4 Å². The molecule has 1 aliphatic carbocycles. The van der Waals surface area contributed by atoms with Crippen molar-refractivity contribution in [1.82, 2.24) is 4.90 Å². The zero-order valence-electron chi connectivity index (χ0n) is 22.4. The highest BCUT2D eigenvalue weighted by Gasteiger charge is 2.69. The zero-order valence-corrected chi connectivity index (χ0v) is 22.4. The summed E-state index contributed by atoms with van der Waals surface area (Å²) in [6.07, 6.45) is 3.57. The Morgan fingerprint density at radius 2 is 1.84 bits per heavy atom. The number of nitrogens with zero attached hydrogens (tertiary/aromatic N) is 1. The number of piperidine rings is 1. The predicted molar refractivity (Wildman–Crippen MR) is 128 cm³/mol. The number of likely N-dealkylation sites (tertiary alicyclic amines) is 1. The molecule has 5 saturated heterocycles. The van der Waals surface area contributed by atoms with Crippen LogP contribution in [0.2, 0.25) is 0 Å². The Kier molecular flexibility index (Phi) is 7.57. The van der Waals surface area contributed by atoms with Crippen molar-refractivity contribution in [3.8, 4) is 0 Å². The van der Waals surface area contributed by atoms with Crippen molar-refractivity contribution in [2.45, 2.75) is 103 Å². The molecule has 0 radical (unpaired) electrons. The van der Waals surface area contributed by atoms with Gasteiger partial charge in [-0.15, -0.1) is 0 Å². The van der Waals surface area contributed by atoms with Crippen LogP contribution in [-0.4, -0.2) is 66.4 Å². The van der Waals surface area contributed by atoms with E-state index >= 15 is 0 Å². The number of amides is 1. The highest BCUT2D eigenvalue weighted by molar-refractivity contribution is 5.82. The molecule has 2 bridgehead atoms. The van der Waals surface area contributed by atoms with Crippen LogP contribution in [0.25, 0.3) is 0 Å². The molecule has 0 aromatic rings. The lowest BCUT2D eigenvalue weighted by Gasteiger charge is -2.59. The van der Waals surface area contributed by atoms with Crippen molar-refractivity contribution in [3.05, 3.63) is 0 Å². The first kappa shape index (κ1) is 26.8. The largest absolute Gasteiger partial charge is 0.466 e. The van der Waals surface area contributed by atoms with Crippen LogP contribution in [0.15, 0.2) is 0 Å². The maximum absolute atomic E-state index is 12.8. The van der Waals surface area contributed by atoms with Gasteiger partial charge in [-0.25, -0.2) is 9.78 Å². The highest BCUT2D eigenvalue weighted by Crippen LogP contribution is 2.60. The summed E-state index contributed by atoms with van der Waals surface area (Å²) in [7, 11) is 0. The first-order valence-electron chi connectivity index (χ1n) is 14.0. The summed E-state index contributed by atoms with van der Waals surface area (Å²) in [5.74, 6) is -1.48. The molecule has 6 rings (SSSR count). The third-order valence-corrected chi connectivity index (χ3v) is 9.28. The minimum atomic E-state index is -0.894. The quantitative estimate of drug-likeness (QED) is 0.382. The monoisotopic (exact) mass is 523 g/mol. The lowest BCUT2D eigenvalue weighted by molar-refractivity contribution is -0.576. The van der Waals surface area contributed by atoms with Gasteiger partial charge in [0.2, 0.25) is 18.0 Å². The van der Waals surface area contributed by atoms with Gasteiger partial charge in [0.15, 0.2) is 11.9 Å². The summed E-state index contributed by atoms with van der Waals surface area (Å²) in [5.41, 5.74) is -0.713. The molecule has 1 spiro atoms. The summed E-state index contributed by atoms with van der Waals surface area (Å²) in [6.45, 7) is 9.14. The maximum Gasteiger partial charge on any atom is 0.310 e. The smallest absolute Gasteiger partial charge is 0.310 e. The molecule has 3 unspecified atom stereocenters. The van der Waals surface area contributed by atoms with E-state index in [4.69, 9.17) is 28.7 Å². The van der Waals surface area contributed by atoms with Crippen molar-refractivity contribution < 1.29 is 43.1 Å². The molecule has 0 N–H and O–H groups in total. The lowest BCUT2D eigenvalue weighted by atomic mass is 9.58. The molecule has 10 heteroatoms. The van der Waals surface area contributed by atoms with Crippen molar-refractivity contribution in [3.63, 3.8) is 0 Å². The van der Waals surface area contributed by atoms with E-state index in [0.717, 1.165) is 25.7 Å². The van der Waals surface area contributed by atoms with Gasteiger partial charge in [-0.2, -0.15) is 0 Å².